The van der Waals surface area contributed by atoms with E-state index < -0.39 is 11.9 Å². The van der Waals surface area contributed by atoms with Gasteiger partial charge >= 0.3 is 0 Å². The van der Waals surface area contributed by atoms with Crippen LogP contribution in [0, 0.1) is 5.82 Å². The number of aromatic nitrogens is 1. The van der Waals surface area contributed by atoms with Gasteiger partial charge in [-0.05, 0) is 12.1 Å². The molecule has 1 aliphatic rings. The fraction of sp³-hybridized carbons (Fsp3) is 0.375. The molecule has 0 bridgehead atoms. The number of amides is 1. The first kappa shape index (κ1) is 16.4. The second-order valence-corrected chi connectivity index (χ2v) is 5.28. The monoisotopic (exact) mass is 336 g/mol. The Hall–Kier alpha value is -2.45. The molecule has 0 aliphatic carbocycles. The molecular weight excluding hydrogens is 319 g/mol. The molecule has 0 saturated carbocycles. The highest BCUT2D eigenvalue weighted by Gasteiger charge is 2.29. The lowest BCUT2D eigenvalue weighted by Gasteiger charge is -2.33. The maximum atomic E-state index is 13.1. The van der Waals surface area contributed by atoms with Crippen LogP contribution in [0.25, 0.3) is 0 Å². The van der Waals surface area contributed by atoms with Gasteiger partial charge in [-0.3, -0.25) is 4.79 Å². The van der Waals surface area contributed by atoms with E-state index in [0.717, 1.165) is 0 Å². The molecule has 1 aromatic heterocycles. The molecule has 1 atom stereocenters. The summed E-state index contributed by atoms with van der Waals surface area (Å²) in [6.07, 6.45) is 1.25. The second-order valence-electron chi connectivity index (χ2n) is 5.28. The van der Waals surface area contributed by atoms with Gasteiger partial charge in [-0.25, -0.2) is 9.37 Å². The van der Waals surface area contributed by atoms with E-state index in [2.05, 4.69) is 4.98 Å². The third-order valence-corrected chi connectivity index (χ3v) is 3.63. The van der Waals surface area contributed by atoms with Gasteiger partial charge in [-0.1, -0.05) is 6.07 Å². The minimum atomic E-state index is -0.405. The van der Waals surface area contributed by atoms with Gasteiger partial charge in [-0.2, -0.15) is 0 Å². The van der Waals surface area contributed by atoms with Crippen LogP contribution < -0.4 is 4.74 Å². The molecule has 0 radical (unpaired) electrons. The van der Waals surface area contributed by atoms with Crippen LogP contribution in [0.4, 0.5) is 4.39 Å². The summed E-state index contributed by atoms with van der Waals surface area (Å²) in [6, 6.07) is 5.30. The minimum absolute atomic E-state index is 0.0245. The number of carbonyl (C=O) groups is 1. The number of benzene rings is 1. The van der Waals surface area contributed by atoms with Crippen molar-refractivity contribution in [2.45, 2.75) is 12.6 Å². The standard InChI is InChI=1S/C16H17FN2O5/c17-11-2-1-3-13(6-11)23-10-15-18-14(9-24-15)16(21)19-4-5-22-8-12(19)7-20/h1-3,6,9,12,20H,4-5,7-8,10H2. The number of rotatable bonds is 5. The van der Waals surface area contributed by atoms with Crippen LogP contribution in [-0.2, 0) is 11.3 Å². The van der Waals surface area contributed by atoms with Gasteiger partial charge in [-0.15, -0.1) is 0 Å². The lowest BCUT2D eigenvalue weighted by molar-refractivity contribution is -0.0186. The Balaban J connectivity index is 1.63. The second kappa shape index (κ2) is 7.41. The first-order valence-electron chi connectivity index (χ1n) is 7.49. The van der Waals surface area contributed by atoms with Crippen LogP contribution in [-0.4, -0.2) is 53.3 Å². The van der Waals surface area contributed by atoms with Crippen molar-refractivity contribution in [3.8, 4) is 5.75 Å². The van der Waals surface area contributed by atoms with Crippen molar-refractivity contribution in [3.63, 3.8) is 0 Å². The molecule has 1 fully saturated rings. The van der Waals surface area contributed by atoms with Gasteiger partial charge in [0, 0.05) is 12.6 Å². The lowest BCUT2D eigenvalue weighted by Crippen LogP contribution is -2.50. The summed E-state index contributed by atoms with van der Waals surface area (Å²) in [4.78, 5) is 18.1. The summed E-state index contributed by atoms with van der Waals surface area (Å²) in [5.74, 6) is -0.192. The van der Waals surface area contributed by atoms with Crippen LogP contribution >= 0.6 is 0 Å². The Labute approximate surface area is 137 Å². The number of morpholine rings is 1. The molecule has 2 heterocycles. The molecule has 8 heteroatoms. The average molecular weight is 336 g/mol. The fourth-order valence-electron chi connectivity index (χ4n) is 2.40. The number of nitrogens with zero attached hydrogens (tertiary/aromatic N) is 2. The Bertz CT molecular complexity index is 705. The summed E-state index contributed by atoms with van der Waals surface area (Å²) >= 11 is 0. The van der Waals surface area contributed by atoms with Crippen molar-refractivity contribution in [1.29, 1.82) is 0 Å². The van der Waals surface area contributed by atoms with Crippen LogP contribution in [0.3, 0.4) is 0 Å². The number of oxazole rings is 1. The number of aliphatic hydroxyl groups excluding tert-OH is 1. The maximum absolute atomic E-state index is 13.1. The highest BCUT2D eigenvalue weighted by molar-refractivity contribution is 5.92. The van der Waals surface area contributed by atoms with Crippen molar-refractivity contribution in [3.05, 3.63) is 47.9 Å². The maximum Gasteiger partial charge on any atom is 0.276 e. The molecule has 24 heavy (non-hydrogen) atoms. The van der Waals surface area contributed by atoms with Crippen molar-refractivity contribution >= 4 is 5.91 Å². The van der Waals surface area contributed by atoms with Crippen molar-refractivity contribution in [1.82, 2.24) is 9.88 Å². The molecule has 1 aromatic carbocycles. The molecule has 1 unspecified atom stereocenters. The molecular formula is C16H17FN2O5. The molecule has 1 N–H and O–H groups in total. The molecule has 2 aromatic rings. The fourth-order valence-corrected chi connectivity index (χ4v) is 2.40. The van der Waals surface area contributed by atoms with Gasteiger partial charge in [0.25, 0.3) is 5.91 Å². The van der Waals surface area contributed by atoms with Gasteiger partial charge in [0.05, 0.1) is 25.9 Å². The molecule has 7 nitrogen and oxygen atoms in total. The zero-order valence-electron chi connectivity index (χ0n) is 12.9. The number of ether oxygens (including phenoxy) is 2. The first-order valence-corrected chi connectivity index (χ1v) is 7.49. The predicted octanol–water partition coefficient (Wildman–Crippen LogP) is 1.23. The number of carbonyl (C=O) groups excluding carboxylic acids is 1. The normalized spacial score (nSPS) is 17.8. The molecule has 1 saturated heterocycles. The predicted molar refractivity (Wildman–Crippen MR) is 80.0 cm³/mol. The molecule has 1 amide bonds. The van der Waals surface area contributed by atoms with E-state index in [1.807, 2.05) is 0 Å². The third-order valence-electron chi connectivity index (χ3n) is 3.63. The molecule has 128 valence electrons. The number of hydrogen-bond acceptors (Lipinski definition) is 6. The van der Waals surface area contributed by atoms with Crippen molar-refractivity contribution in [2.75, 3.05) is 26.4 Å². The van der Waals surface area contributed by atoms with E-state index in [0.29, 0.717) is 18.9 Å². The Kier molecular flexibility index (Phi) is 5.07. The highest BCUT2D eigenvalue weighted by Crippen LogP contribution is 2.16. The van der Waals surface area contributed by atoms with Crippen molar-refractivity contribution in [2.24, 2.45) is 0 Å². The quantitative estimate of drug-likeness (QED) is 0.884. The summed E-state index contributed by atoms with van der Waals surface area (Å²) in [7, 11) is 0. The van der Waals surface area contributed by atoms with Gasteiger partial charge in [0.15, 0.2) is 12.3 Å². The van der Waals surface area contributed by atoms with Gasteiger partial charge in [0.2, 0.25) is 5.89 Å². The SMILES string of the molecule is O=C(c1coc(COc2cccc(F)c2)n1)N1CCOCC1CO. The summed E-state index contributed by atoms with van der Waals surface area (Å²) in [6.45, 7) is 0.875. The zero-order valence-corrected chi connectivity index (χ0v) is 12.9. The summed E-state index contributed by atoms with van der Waals surface area (Å²) in [5.41, 5.74) is 0.133. The van der Waals surface area contributed by atoms with E-state index in [9.17, 15) is 14.3 Å². The Morgan fingerprint density at radius 2 is 2.38 bits per heavy atom. The van der Waals surface area contributed by atoms with Crippen LogP contribution in [0.2, 0.25) is 0 Å². The first-order chi connectivity index (χ1) is 11.7. The molecule has 1 aliphatic heterocycles. The molecule has 3 rings (SSSR count). The van der Waals surface area contributed by atoms with Crippen LogP contribution in [0.5, 0.6) is 5.75 Å². The lowest BCUT2D eigenvalue weighted by atomic mass is 10.2. The highest BCUT2D eigenvalue weighted by atomic mass is 19.1. The van der Waals surface area contributed by atoms with E-state index >= 15 is 0 Å². The number of hydrogen-bond donors (Lipinski definition) is 1. The minimum Gasteiger partial charge on any atom is -0.484 e. The molecule has 0 spiro atoms. The number of halogens is 1. The third kappa shape index (κ3) is 3.72. The topological polar surface area (TPSA) is 85.0 Å². The van der Waals surface area contributed by atoms with E-state index in [4.69, 9.17) is 13.9 Å². The van der Waals surface area contributed by atoms with E-state index in [1.54, 1.807) is 6.07 Å². The number of aliphatic hydroxyl groups is 1. The van der Waals surface area contributed by atoms with Crippen LogP contribution in [0.15, 0.2) is 34.9 Å². The smallest absolute Gasteiger partial charge is 0.276 e. The van der Waals surface area contributed by atoms with Gasteiger partial charge in [0.1, 0.15) is 17.8 Å². The van der Waals surface area contributed by atoms with Gasteiger partial charge < -0.3 is 23.9 Å². The summed E-state index contributed by atoms with van der Waals surface area (Å²) in [5, 5.41) is 9.33. The Morgan fingerprint density at radius 1 is 1.50 bits per heavy atom. The van der Waals surface area contributed by atoms with Crippen LogP contribution in [0.1, 0.15) is 16.4 Å². The summed E-state index contributed by atoms with van der Waals surface area (Å²) < 4.78 is 28.9. The average Bonchev–Trinajstić information content (AvgIpc) is 3.08. The van der Waals surface area contributed by atoms with Crippen molar-refractivity contribution < 1.29 is 28.2 Å². The van der Waals surface area contributed by atoms with E-state index in [-0.39, 0.29) is 37.3 Å². The zero-order chi connectivity index (χ0) is 16.9. The Morgan fingerprint density at radius 3 is 3.17 bits per heavy atom. The largest absolute Gasteiger partial charge is 0.484 e. The van der Waals surface area contributed by atoms with E-state index in [1.165, 1.54) is 29.4 Å².